The lowest BCUT2D eigenvalue weighted by atomic mass is 10.5. The van der Waals surface area contributed by atoms with Gasteiger partial charge in [0.05, 0.1) is 9.83 Å². The van der Waals surface area contributed by atoms with E-state index in [1.165, 1.54) is 4.40 Å². The third-order valence-corrected chi connectivity index (χ3v) is 3.42. The maximum atomic E-state index is 11.1. The molecule has 2 aromatic rings. The number of hydrogen-bond acceptors (Lipinski definition) is 4. The molecule has 86 valence electrons. The Kier molecular flexibility index (Phi) is 2.97. The van der Waals surface area contributed by atoms with E-state index >= 15 is 0 Å². The summed E-state index contributed by atoms with van der Waals surface area (Å²) in [4.78, 5) is 0. The molecule has 6 nitrogen and oxygen atoms in total. The average Bonchev–Trinajstić information content (AvgIpc) is 2.54. The summed E-state index contributed by atoms with van der Waals surface area (Å²) in [5.41, 5.74) is 0.513. The predicted molar refractivity (Wildman–Crippen MR) is 69.2 cm³/mol. The first-order valence-electron chi connectivity index (χ1n) is 4.05. The second-order valence-corrected chi connectivity index (χ2v) is 6.36. The molecule has 0 saturated heterocycles. The van der Waals surface area contributed by atoms with Gasteiger partial charge in [0.25, 0.3) is 0 Å². The van der Waals surface area contributed by atoms with Crippen molar-refractivity contribution >= 4 is 55.8 Å². The fraction of sp³-hybridized carbons (Fsp3) is 0.143. The minimum Gasteiger partial charge on any atom is -0.251 e. The van der Waals surface area contributed by atoms with Gasteiger partial charge in [0, 0.05) is 0 Å². The summed E-state index contributed by atoms with van der Waals surface area (Å²) >= 11 is 8.02. The molecule has 9 heteroatoms. The summed E-state index contributed by atoms with van der Waals surface area (Å²) in [5.74, 6) is 0.0843. The van der Waals surface area contributed by atoms with Crippen molar-refractivity contribution in [2.24, 2.45) is 0 Å². The third-order valence-electron chi connectivity index (χ3n) is 1.73. The molecule has 0 aliphatic heterocycles. The SMILES string of the molecule is CS(=O)(=O)Nc1nnc2c(I)ccc(Cl)n12. The Bertz CT molecular complexity index is 654. The van der Waals surface area contributed by atoms with Crippen LogP contribution in [0.25, 0.3) is 5.65 Å². The molecule has 0 saturated carbocycles. The zero-order valence-electron chi connectivity index (χ0n) is 7.98. The van der Waals surface area contributed by atoms with Crippen LogP contribution in [-0.2, 0) is 10.0 Å². The van der Waals surface area contributed by atoms with Crippen LogP contribution in [0.3, 0.4) is 0 Å². The van der Waals surface area contributed by atoms with Crippen LogP contribution in [0.4, 0.5) is 5.95 Å². The highest BCUT2D eigenvalue weighted by molar-refractivity contribution is 14.1. The molecule has 0 aliphatic rings. The number of aromatic nitrogens is 3. The third kappa shape index (κ3) is 2.23. The van der Waals surface area contributed by atoms with Crippen molar-refractivity contribution in [3.8, 4) is 0 Å². The van der Waals surface area contributed by atoms with Crippen LogP contribution in [0.1, 0.15) is 0 Å². The fourth-order valence-electron chi connectivity index (χ4n) is 1.16. The fourth-order valence-corrected chi connectivity index (χ4v) is 2.38. The van der Waals surface area contributed by atoms with Crippen molar-refractivity contribution in [3.05, 3.63) is 20.9 Å². The molecule has 16 heavy (non-hydrogen) atoms. The van der Waals surface area contributed by atoms with Crippen LogP contribution in [0, 0.1) is 3.57 Å². The maximum absolute atomic E-state index is 11.1. The first-order chi connectivity index (χ1) is 7.38. The van der Waals surface area contributed by atoms with E-state index in [2.05, 4.69) is 37.5 Å². The number of rotatable bonds is 2. The number of nitrogens with zero attached hydrogens (tertiary/aromatic N) is 3. The van der Waals surface area contributed by atoms with Crippen molar-refractivity contribution in [1.29, 1.82) is 0 Å². The Labute approximate surface area is 110 Å². The van der Waals surface area contributed by atoms with Gasteiger partial charge in [0.15, 0.2) is 5.65 Å². The molecule has 0 fully saturated rings. The van der Waals surface area contributed by atoms with E-state index in [0.717, 1.165) is 9.83 Å². The van der Waals surface area contributed by atoms with Crippen molar-refractivity contribution in [3.63, 3.8) is 0 Å². The van der Waals surface area contributed by atoms with Crippen LogP contribution in [0.2, 0.25) is 5.15 Å². The lowest BCUT2D eigenvalue weighted by Gasteiger charge is -2.03. The van der Waals surface area contributed by atoms with Gasteiger partial charge in [0.1, 0.15) is 5.15 Å². The molecule has 0 spiro atoms. The van der Waals surface area contributed by atoms with E-state index < -0.39 is 10.0 Å². The van der Waals surface area contributed by atoms with Crippen molar-refractivity contribution in [2.45, 2.75) is 0 Å². The lowest BCUT2D eigenvalue weighted by Crippen LogP contribution is -2.12. The number of sulfonamides is 1. The molecule has 0 radical (unpaired) electrons. The minimum absolute atomic E-state index is 0.0843. The quantitative estimate of drug-likeness (QED) is 0.638. The van der Waals surface area contributed by atoms with Gasteiger partial charge < -0.3 is 0 Å². The van der Waals surface area contributed by atoms with Crippen LogP contribution in [0.5, 0.6) is 0 Å². The highest BCUT2D eigenvalue weighted by Crippen LogP contribution is 2.21. The standard InChI is InChI=1S/C7H6ClIN4O2S/c1-16(14,15)12-7-11-10-6-4(9)2-3-5(8)13(6)7/h2-3H,1H3,(H,11,12). The summed E-state index contributed by atoms with van der Waals surface area (Å²) in [7, 11) is -3.40. The van der Waals surface area contributed by atoms with E-state index in [9.17, 15) is 8.42 Å². The number of nitrogens with one attached hydrogen (secondary N) is 1. The van der Waals surface area contributed by atoms with Crippen LogP contribution in [0.15, 0.2) is 12.1 Å². The van der Waals surface area contributed by atoms with Crippen LogP contribution in [-0.4, -0.2) is 29.3 Å². The topological polar surface area (TPSA) is 76.4 Å². The first-order valence-corrected chi connectivity index (χ1v) is 7.40. The molecule has 2 rings (SSSR count). The van der Waals surface area contributed by atoms with Gasteiger partial charge in [-0.15, -0.1) is 10.2 Å². The van der Waals surface area contributed by atoms with E-state index in [1.807, 2.05) is 0 Å². The Morgan fingerprint density at radius 3 is 2.75 bits per heavy atom. The number of halogens is 2. The summed E-state index contributed by atoms with van der Waals surface area (Å²) in [6.45, 7) is 0. The zero-order chi connectivity index (χ0) is 11.9. The molecule has 0 bridgehead atoms. The van der Waals surface area contributed by atoms with Gasteiger partial charge in [0.2, 0.25) is 16.0 Å². The summed E-state index contributed by atoms with van der Waals surface area (Å²) in [6.07, 6.45) is 1.04. The Morgan fingerprint density at radius 1 is 1.44 bits per heavy atom. The second-order valence-electron chi connectivity index (χ2n) is 3.06. The van der Waals surface area contributed by atoms with E-state index in [1.54, 1.807) is 12.1 Å². The number of anilines is 1. The van der Waals surface area contributed by atoms with Crippen molar-refractivity contribution in [2.75, 3.05) is 11.0 Å². The minimum atomic E-state index is -3.40. The smallest absolute Gasteiger partial charge is 0.243 e. The lowest BCUT2D eigenvalue weighted by molar-refractivity contribution is 0.606. The van der Waals surface area contributed by atoms with Crippen LogP contribution >= 0.6 is 34.2 Å². The molecule has 1 N–H and O–H groups in total. The highest BCUT2D eigenvalue weighted by atomic mass is 127. The van der Waals surface area contributed by atoms with Gasteiger partial charge >= 0.3 is 0 Å². The molecule has 0 aliphatic carbocycles. The first kappa shape index (κ1) is 11.9. The molecular weight excluding hydrogens is 367 g/mol. The normalized spacial score (nSPS) is 11.9. The van der Waals surface area contributed by atoms with Crippen molar-refractivity contribution in [1.82, 2.24) is 14.6 Å². The number of hydrogen-bond donors (Lipinski definition) is 1. The van der Waals surface area contributed by atoms with Gasteiger partial charge in [-0.25, -0.2) is 12.8 Å². The molecule has 0 amide bonds. The van der Waals surface area contributed by atoms with E-state index in [0.29, 0.717) is 10.8 Å². The molecular formula is C7H6ClIN4O2S. The van der Waals surface area contributed by atoms with Gasteiger partial charge in [-0.1, -0.05) is 11.6 Å². The monoisotopic (exact) mass is 372 g/mol. The van der Waals surface area contributed by atoms with Gasteiger partial charge in [-0.05, 0) is 34.7 Å². The zero-order valence-corrected chi connectivity index (χ0v) is 11.7. The maximum Gasteiger partial charge on any atom is 0.243 e. The molecule has 2 heterocycles. The molecule has 0 unspecified atom stereocenters. The Hall–Kier alpha value is -0.610. The second kappa shape index (κ2) is 4.00. The van der Waals surface area contributed by atoms with Gasteiger partial charge in [-0.3, -0.25) is 4.72 Å². The average molecular weight is 373 g/mol. The van der Waals surface area contributed by atoms with Crippen LogP contribution < -0.4 is 4.72 Å². The van der Waals surface area contributed by atoms with Crippen molar-refractivity contribution < 1.29 is 8.42 Å². The molecule has 2 aromatic heterocycles. The Morgan fingerprint density at radius 2 is 2.12 bits per heavy atom. The molecule has 0 aromatic carbocycles. The van der Waals surface area contributed by atoms with E-state index in [4.69, 9.17) is 11.6 Å². The van der Waals surface area contributed by atoms with E-state index in [-0.39, 0.29) is 5.95 Å². The predicted octanol–water partition coefficient (Wildman–Crippen LogP) is 1.36. The molecule has 0 atom stereocenters. The highest BCUT2D eigenvalue weighted by Gasteiger charge is 2.13. The van der Waals surface area contributed by atoms with Gasteiger partial charge in [-0.2, -0.15) is 0 Å². The Balaban J connectivity index is 2.69. The number of pyridine rings is 1. The summed E-state index contributed by atoms with van der Waals surface area (Å²) in [6, 6.07) is 3.42. The largest absolute Gasteiger partial charge is 0.251 e. The summed E-state index contributed by atoms with van der Waals surface area (Å²) < 4.78 is 26.7. The number of fused-ring (bicyclic) bond motifs is 1. The summed E-state index contributed by atoms with van der Waals surface area (Å²) in [5, 5.41) is 7.93.